The van der Waals surface area contributed by atoms with Gasteiger partial charge >= 0.3 is 6.09 Å². The van der Waals surface area contributed by atoms with Gasteiger partial charge in [0.15, 0.2) is 0 Å². The van der Waals surface area contributed by atoms with E-state index in [0.717, 1.165) is 5.56 Å². The molecule has 1 amide bonds. The maximum atomic E-state index is 9.60. The highest BCUT2D eigenvalue weighted by molar-refractivity contribution is 5.61. The molecule has 0 spiro atoms. The van der Waals surface area contributed by atoms with Gasteiger partial charge in [0, 0.05) is 0 Å². The summed E-state index contributed by atoms with van der Waals surface area (Å²) in [6.45, 7) is 4.02. The standard InChI is InChI=1S/C10H14O.CH3NO2/c1-8(2)10(11)9-6-4-3-5-7-9;2-1(3)4/h3-8,10-11H,1-2H3;2H2,(H,3,4). The van der Waals surface area contributed by atoms with Crippen LogP contribution in [0.1, 0.15) is 25.5 Å². The van der Waals surface area contributed by atoms with E-state index in [9.17, 15) is 5.11 Å². The summed E-state index contributed by atoms with van der Waals surface area (Å²) in [5.74, 6) is 0.289. The van der Waals surface area contributed by atoms with Gasteiger partial charge in [-0.25, -0.2) is 4.79 Å². The van der Waals surface area contributed by atoms with Crippen LogP contribution in [0.4, 0.5) is 4.79 Å². The molecule has 0 aliphatic rings. The van der Waals surface area contributed by atoms with Crippen molar-refractivity contribution in [3.63, 3.8) is 0 Å². The van der Waals surface area contributed by atoms with E-state index < -0.39 is 6.09 Å². The number of rotatable bonds is 2. The maximum absolute atomic E-state index is 9.60. The quantitative estimate of drug-likeness (QED) is 0.699. The van der Waals surface area contributed by atoms with Crippen LogP contribution in [0.25, 0.3) is 0 Å². The second-order valence-corrected chi connectivity index (χ2v) is 3.44. The van der Waals surface area contributed by atoms with Gasteiger partial charge in [0.1, 0.15) is 0 Å². The topological polar surface area (TPSA) is 83.5 Å². The largest absolute Gasteiger partial charge is 0.465 e. The molecule has 4 nitrogen and oxygen atoms in total. The lowest BCUT2D eigenvalue weighted by Crippen LogP contribution is -2.04. The van der Waals surface area contributed by atoms with Crippen LogP contribution < -0.4 is 5.73 Å². The minimum atomic E-state index is -1.33. The summed E-state index contributed by atoms with van der Waals surface area (Å²) in [6.07, 6.45) is -1.66. The number of amides is 1. The lowest BCUT2D eigenvalue weighted by molar-refractivity contribution is 0.127. The van der Waals surface area contributed by atoms with Crippen LogP contribution in [0.5, 0.6) is 0 Å². The van der Waals surface area contributed by atoms with E-state index >= 15 is 0 Å². The molecule has 4 N–H and O–H groups in total. The molecule has 1 unspecified atom stereocenters. The van der Waals surface area contributed by atoms with Gasteiger partial charge in [0.05, 0.1) is 6.10 Å². The first kappa shape index (κ1) is 13.4. The molecule has 0 aliphatic heterocycles. The summed E-state index contributed by atoms with van der Waals surface area (Å²) in [5, 5.41) is 16.8. The molecule has 1 atom stereocenters. The van der Waals surface area contributed by atoms with E-state index in [0.29, 0.717) is 0 Å². The second kappa shape index (κ2) is 6.84. The Labute approximate surface area is 89.4 Å². The zero-order valence-corrected chi connectivity index (χ0v) is 8.92. The molecule has 84 valence electrons. The summed E-state index contributed by atoms with van der Waals surface area (Å²) >= 11 is 0. The Morgan fingerprint density at radius 3 is 2.00 bits per heavy atom. The highest BCUT2D eigenvalue weighted by Gasteiger charge is 2.09. The van der Waals surface area contributed by atoms with E-state index in [1.54, 1.807) is 0 Å². The van der Waals surface area contributed by atoms with E-state index in [1.165, 1.54) is 0 Å². The van der Waals surface area contributed by atoms with Crippen molar-refractivity contribution >= 4 is 6.09 Å². The molecule has 0 aromatic heterocycles. The molecule has 0 saturated carbocycles. The van der Waals surface area contributed by atoms with Gasteiger partial charge in [-0.1, -0.05) is 44.2 Å². The van der Waals surface area contributed by atoms with Crippen molar-refractivity contribution in [3.8, 4) is 0 Å². The third kappa shape index (κ3) is 6.51. The van der Waals surface area contributed by atoms with Crippen LogP contribution in [-0.2, 0) is 0 Å². The molecule has 0 radical (unpaired) electrons. The highest BCUT2D eigenvalue weighted by atomic mass is 16.4. The molecule has 1 aromatic rings. The predicted molar refractivity (Wildman–Crippen MR) is 58.5 cm³/mol. The van der Waals surface area contributed by atoms with Crippen LogP contribution in [-0.4, -0.2) is 16.3 Å². The Bertz CT molecular complexity index is 281. The fourth-order valence-corrected chi connectivity index (χ4v) is 1.04. The minimum absolute atomic E-state index is 0.289. The first-order chi connectivity index (χ1) is 6.95. The van der Waals surface area contributed by atoms with E-state index in [1.807, 2.05) is 44.2 Å². The molecule has 1 aromatic carbocycles. The molecular formula is C11H17NO3. The second-order valence-electron chi connectivity index (χ2n) is 3.44. The average molecular weight is 211 g/mol. The number of aliphatic hydroxyl groups excluding tert-OH is 1. The zero-order chi connectivity index (χ0) is 11.8. The number of benzene rings is 1. The summed E-state index contributed by atoms with van der Waals surface area (Å²) in [4.78, 5) is 8.78. The summed E-state index contributed by atoms with van der Waals surface area (Å²) in [7, 11) is 0. The fraction of sp³-hybridized carbons (Fsp3) is 0.364. The average Bonchev–Trinajstić information content (AvgIpc) is 2.17. The molecule has 0 heterocycles. The first-order valence-electron chi connectivity index (χ1n) is 4.66. The summed E-state index contributed by atoms with van der Waals surface area (Å²) in [5.41, 5.74) is 5.03. The molecule has 4 heteroatoms. The smallest absolute Gasteiger partial charge is 0.402 e. The molecule has 15 heavy (non-hydrogen) atoms. The van der Waals surface area contributed by atoms with Gasteiger partial charge in [-0.15, -0.1) is 0 Å². The first-order valence-corrected chi connectivity index (χ1v) is 4.66. The molecule has 0 fully saturated rings. The number of primary amides is 1. The Kier molecular flexibility index (Phi) is 6.13. The van der Waals surface area contributed by atoms with Crippen LogP contribution in [0.2, 0.25) is 0 Å². The van der Waals surface area contributed by atoms with Crippen molar-refractivity contribution in [3.05, 3.63) is 35.9 Å². The van der Waals surface area contributed by atoms with Crippen molar-refractivity contribution in [1.82, 2.24) is 0 Å². The third-order valence-corrected chi connectivity index (χ3v) is 1.77. The van der Waals surface area contributed by atoms with E-state index in [4.69, 9.17) is 9.90 Å². The summed E-state index contributed by atoms with van der Waals surface area (Å²) < 4.78 is 0. The lowest BCUT2D eigenvalue weighted by Gasteiger charge is -2.13. The Morgan fingerprint density at radius 2 is 1.67 bits per heavy atom. The van der Waals surface area contributed by atoms with E-state index in [2.05, 4.69) is 5.73 Å². The third-order valence-electron chi connectivity index (χ3n) is 1.77. The van der Waals surface area contributed by atoms with Gasteiger partial charge < -0.3 is 15.9 Å². The van der Waals surface area contributed by atoms with Crippen LogP contribution in [0.15, 0.2) is 30.3 Å². The monoisotopic (exact) mass is 211 g/mol. The Hall–Kier alpha value is -1.55. The number of hydrogen-bond donors (Lipinski definition) is 3. The van der Waals surface area contributed by atoms with Crippen molar-refractivity contribution < 1.29 is 15.0 Å². The van der Waals surface area contributed by atoms with Crippen molar-refractivity contribution in [2.75, 3.05) is 0 Å². The van der Waals surface area contributed by atoms with Gasteiger partial charge in [-0.2, -0.15) is 0 Å². The van der Waals surface area contributed by atoms with Gasteiger partial charge in [0.25, 0.3) is 0 Å². The fourth-order valence-electron chi connectivity index (χ4n) is 1.04. The van der Waals surface area contributed by atoms with Gasteiger partial charge in [-0.05, 0) is 11.5 Å². The summed E-state index contributed by atoms with van der Waals surface area (Å²) in [6, 6.07) is 9.74. The van der Waals surface area contributed by atoms with Gasteiger partial charge in [-0.3, -0.25) is 0 Å². The number of aliphatic hydroxyl groups is 1. The van der Waals surface area contributed by atoms with E-state index in [-0.39, 0.29) is 12.0 Å². The highest BCUT2D eigenvalue weighted by Crippen LogP contribution is 2.19. The normalized spacial score (nSPS) is 11.5. The zero-order valence-electron chi connectivity index (χ0n) is 8.92. The predicted octanol–water partition coefficient (Wildman–Crippen LogP) is 2.00. The SMILES string of the molecule is CC(C)C(O)c1ccccc1.NC(=O)O. The molecule has 0 aliphatic carbocycles. The van der Waals surface area contributed by atoms with Crippen molar-refractivity contribution in [2.24, 2.45) is 11.7 Å². The van der Waals surface area contributed by atoms with Crippen LogP contribution >= 0.6 is 0 Å². The van der Waals surface area contributed by atoms with Crippen molar-refractivity contribution in [1.29, 1.82) is 0 Å². The minimum Gasteiger partial charge on any atom is -0.465 e. The van der Waals surface area contributed by atoms with Crippen LogP contribution in [0, 0.1) is 5.92 Å². The lowest BCUT2D eigenvalue weighted by atomic mass is 10.00. The maximum Gasteiger partial charge on any atom is 0.402 e. The number of nitrogens with two attached hydrogens (primary N) is 1. The molecular weight excluding hydrogens is 194 g/mol. The van der Waals surface area contributed by atoms with Crippen molar-refractivity contribution in [2.45, 2.75) is 20.0 Å². The van der Waals surface area contributed by atoms with Gasteiger partial charge in [0.2, 0.25) is 0 Å². The molecule has 0 saturated heterocycles. The number of hydrogen-bond acceptors (Lipinski definition) is 2. The Balaban J connectivity index is 0.000000423. The number of carbonyl (C=O) groups is 1. The number of carboxylic acid groups (broad SMARTS) is 1. The molecule has 0 bridgehead atoms. The van der Waals surface area contributed by atoms with Crippen LogP contribution in [0.3, 0.4) is 0 Å². The Morgan fingerprint density at radius 1 is 1.27 bits per heavy atom. The molecule has 1 rings (SSSR count).